The first-order chi connectivity index (χ1) is 8.21. The normalized spacial score (nSPS) is 24.6. The van der Waals surface area contributed by atoms with E-state index in [1.165, 1.54) is 38.5 Å². The Balaban J connectivity index is 1.95. The Morgan fingerprint density at radius 2 is 1.76 bits per heavy atom. The van der Waals surface area contributed by atoms with Gasteiger partial charge in [-0.15, -0.1) is 10.2 Å². The molecule has 0 amide bonds. The second-order valence-corrected chi connectivity index (χ2v) is 5.74. The Hall–Kier alpha value is -0.900. The van der Waals surface area contributed by atoms with Gasteiger partial charge in [0, 0.05) is 6.04 Å². The van der Waals surface area contributed by atoms with Gasteiger partial charge >= 0.3 is 0 Å². The zero-order valence-corrected chi connectivity index (χ0v) is 10.7. The number of hydrogen-bond acceptors (Lipinski definition) is 3. The van der Waals surface area contributed by atoms with Crippen LogP contribution in [-0.2, 0) is 5.54 Å². The quantitative estimate of drug-likeness (QED) is 0.800. The predicted molar refractivity (Wildman–Crippen MR) is 66.6 cm³/mol. The Morgan fingerprint density at radius 1 is 1.12 bits per heavy atom. The standard InChI is InChI=1S/C13H22N4/c1-10-15-16-12(17(10)11-6-7-11)13(14)8-4-2-3-5-9-13/h11H,2-9,14H2,1H3. The van der Waals surface area contributed by atoms with Crippen LogP contribution in [0, 0.1) is 6.92 Å². The zero-order chi connectivity index (χ0) is 11.9. The van der Waals surface area contributed by atoms with Crippen LogP contribution < -0.4 is 5.73 Å². The van der Waals surface area contributed by atoms with Gasteiger partial charge in [0.25, 0.3) is 0 Å². The van der Waals surface area contributed by atoms with Gasteiger partial charge in [0.15, 0.2) is 5.82 Å². The van der Waals surface area contributed by atoms with Gasteiger partial charge in [0.2, 0.25) is 0 Å². The lowest BCUT2D eigenvalue weighted by Crippen LogP contribution is -2.39. The Kier molecular flexibility index (Phi) is 2.69. The van der Waals surface area contributed by atoms with Crippen LogP contribution in [0.4, 0.5) is 0 Å². The summed E-state index contributed by atoms with van der Waals surface area (Å²) in [4.78, 5) is 0. The largest absolute Gasteiger partial charge is 0.319 e. The molecular formula is C13H22N4. The van der Waals surface area contributed by atoms with Gasteiger partial charge in [-0.25, -0.2) is 0 Å². The number of hydrogen-bond donors (Lipinski definition) is 1. The highest BCUT2D eigenvalue weighted by Crippen LogP contribution is 2.41. The minimum absolute atomic E-state index is 0.222. The fourth-order valence-corrected chi connectivity index (χ4v) is 3.06. The highest BCUT2D eigenvalue weighted by Gasteiger charge is 2.38. The molecule has 0 aliphatic heterocycles. The lowest BCUT2D eigenvalue weighted by atomic mass is 9.90. The van der Waals surface area contributed by atoms with Crippen LogP contribution in [0.2, 0.25) is 0 Å². The van der Waals surface area contributed by atoms with E-state index in [1.54, 1.807) is 0 Å². The van der Waals surface area contributed by atoms with Gasteiger partial charge in [0.05, 0.1) is 5.54 Å². The van der Waals surface area contributed by atoms with Crippen molar-refractivity contribution in [3.63, 3.8) is 0 Å². The molecule has 94 valence electrons. The molecule has 0 aromatic carbocycles. The topological polar surface area (TPSA) is 56.7 Å². The summed E-state index contributed by atoms with van der Waals surface area (Å²) in [5.41, 5.74) is 6.41. The first-order valence-electron chi connectivity index (χ1n) is 6.91. The van der Waals surface area contributed by atoms with Gasteiger partial charge in [-0.3, -0.25) is 0 Å². The van der Waals surface area contributed by atoms with Crippen molar-refractivity contribution in [2.75, 3.05) is 0 Å². The number of aromatic nitrogens is 3. The third kappa shape index (κ3) is 1.99. The lowest BCUT2D eigenvalue weighted by Gasteiger charge is -2.27. The molecule has 2 aliphatic rings. The molecule has 4 nitrogen and oxygen atoms in total. The van der Waals surface area contributed by atoms with Crippen molar-refractivity contribution >= 4 is 0 Å². The minimum atomic E-state index is -0.222. The second-order valence-electron chi connectivity index (χ2n) is 5.74. The first kappa shape index (κ1) is 11.2. The molecule has 1 aromatic rings. The summed E-state index contributed by atoms with van der Waals surface area (Å²) in [6.45, 7) is 2.05. The van der Waals surface area contributed by atoms with Gasteiger partial charge < -0.3 is 10.3 Å². The van der Waals surface area contributed by atoms with E-state index in [0.717, 1.165) is 24.5 Å². The summed E-state index contributed by atoms with van der Waals surface area (Å²) in [5, 5.41) is 8.66. The van der Waals surface area contributed by atoms with Gasteiger partial charge in [-0.1, -0.05) is 25.7 Å². The van der Waals surface area contributed by atoms with Crippen LogP contribution in [0.25, 0.3) is 0 Å². The third-order valence-electron chi connectivity index (χ3n) is 4.22. The van der Waals surface area contributed by atoms with Crippen molar-refractivity contribution in [2.45, 2.75) is 69.9 Å². The summed E-state index contributed by atoms with van der Waals surface area (Å²) >= 11 is 0. The van der Waals surface area contributed by atoms with Gasteiger partial charge in [-0.2, -0.15) is 0 Å². The molecule has 1 heterocycles. The summed E-state index contributed by atoms with van der Waals surface area (Å²) in [5.74, 6) is 2.09. The maximum atomic E-state index is 6.64. The van der Waals surface area contributed by atoms with Crippen LogP contribution in [0.15, 0.2) is 0 Å². The van der Waals surface area contributed by atoms with Crippen molar-refractivity contribution in [2.24, 2.45) is 5.73 Å². The molecule has 2 N–H and O–H groups in total. The van der Waals surface area contributed by atoms with Gasteiger partial charge in [-0.05, 0) is 32.6 Å². The molecule has 2 fully saturated rings. The highest BCUT2D eigenvalue weighted by atomic mass is 15.3. The fourth-order valence-electron chi connectivity index (χ4n) is 3.06. The minimum Gasteiger partial charge on any atom is -0.319 e. The Bertz CT molecular complexity index is 398. The van der Waals surface area contributed by atoms with E-state index in [9.17, 15) is 0 Å². The average Bonchev–Trinajstić information content (AvgIpc) is 3.09. The molecule has 0 unspecified atom stereocenters. The molecule has 0 atom stereocenters. The van der Waals surface area contributed by atoms with Crippen LogP contribution in [0.1, 0.15) is 69.1 Å². The molecule has 1 aromatic heterocycles. The Labute approximate surface area is 103 Å². The number of nitrogens with zero attached hydrogens (tertiary/aromatic N) is 3. The lowest BCUT2D eigenvalue weighted by molar-refractivity contribution is 0.345. The molecule has 17 heavy (non-hydrogen) atoms. The number of rotatable bonds is 2. The van der Waals surface area contributed by atoms with Crippen molar-refractivity contribution in [3.8, 4) is 0 Å². The fraction of sp³-hybridized carbons (Fsp3) is 0.846. The second kappa shape index (κ2) is 4.09. The third-order valence-corrected chi connectivity index (χ3v) is 4.22. The van der Waals surface area contributed by atoms with E-state index in [2.05, 4.69) is 21.7 Å². The molecule has 0 radical (unpaired) electrons. The summed E-state index contributed by atoms with van der Waals surface area (Å²) in [6.07, 6.45) is 9.75. The van der Waals surface area contributed by atoms with Crippen LogP contribution >= 0.6 is 0 Å². The average molecular weight is 234 g/mol. The van der Waals surface area contributed by atoms with E-state index >= 15 is 0 Å². The SMILES string of the molecule is Cc1nnc(C2(N)CCCCCC2)n1C1CC1. The van der Waals surface area contributed by atoms with Crippen LogP contribution in [0.5, 0.6) is 0 Å². The van der Waals surface area contributed by atoms with Crippen LogP contribution in [-0.4, -0.2) is 14.8 Å². The smallest absolute Gasteiger partial charge is 0.153 e. The van der Waals surface area contributed by atoms with Crippen molar-refractivity contribution in [1.29, 1.82) is 0 Å². The Morgan fingerprint density at radius 3 is 2.35 bits per heavy atom. The van der Waals surface area contributed by atoms with Gasteiger partial charge in [0.1, 0.15) is 5.82 Å². The first-order valence-corrected chi connectivity index (χ1v) is 6.91. The monoisotopic (exact) mass is 234 g/mol. The van der Waals surface area contributed by atoms with E-state index in [-0.39, 0.29) is 5.54 Å². The molecule has 4 heteroatoms. The predicted octanol–water partition coefficient (Wildman–Crippen LogP) is 2.43. The van der Waals surface area contributed by atoms with Crippen LogP contribution in [0.3, 0.4) is 0 Å². The molecular weight excluding hydrogens is 212 g/mol. The molecule has 3 rings (SSSR count). The van der Waals surface area contributed by atoms with E-state index in [4.69, 9.17) is 5.73 Å². The molecule has 2 saturated carbocycles. The van der Waals surface area contributed by atoms with Crippen molar-refractivity contribution in [1.82, 2.24) is 14.8 Å². The summed E-state index contributed by atoms with van der Waals surface area (Å²) in [7, 11) is 0. The van der Waals surface area contributed by atoms with E-state index in [1.807, 2.05) is 0 Å². The maximum Gasteiger partial charge on any atom is 0.153 e. The van der Waals surface area contributed by atoms with E-state index < -0.39 is 0 Å². The maximum absolute atomic E-state index is 6.64. The highest BCUT2D eigenvalue weighted by molar-refractivity contribution is 5.12. The number of nitrogens with two attached hydrogens (primary N) is 1. The van der Waals surface area contributed by atoms with Crippen molar-refractivity contribution < 1.29 is 0 Å². The van der Waals surface area contributed by atoms with E-state index in [0.29, 0.717) is 6.04 Å². The molecule has 2 aliphatic carbocycles. The summed E-state index contributed by atoms with van der Waals surface area (Å²) < 4.78 is 2.31. The molecule has 0 bridgehead atoms. The molecule has 0 spiro atoms. The zero-order valence-electron chi connectivity index (χ0n) is 10.7. The summed E-state index contributed by atoms with van der Waals surface area (Å²) in [6, 6.07) is 0.628. The molecule has 0 saturated heterocycles. The van der Waals surface area contributed by atoms with Crippen molar-refractivity contribution in [3.05, 3.63) is 11.6 Å². The number of aryl methyl sites for hydroxylation is 1.